The van der Waals surface area contributed by atoms with Crippen molar-refractivity contribution in [3.8, 4) is 45.1 Å². The van der Waals surface area contributed by atoms with Gasteiger partial charge in [0.15, 0.2) is 5.69 Å². The van der Waals surface area contributed by atoms with Gasteiger partial charge >= 0.3 is 0 Å². The second-order valence-electron chi connectivity index (χ2n) is 16.0. The van der Waals surface area contributed by atoms with Gasteiger partial charge in [-0.1, -0.05) is 121 Å². The van der Waals surface area contributed by atoms with Gasteiger partial charge in [0.2, 0.25) is 5.95 Å². The lowest BCUT2D eigenvalue weighted by molar-refractivity contribution is 0.669. The molecular formula is C57H33N5O. The smallest absolute Gasteiger partial charge is 0.235 e. The Labute approximate surface area is 361 Å². The van der Waals surface area contributed by atoms with E-state index < -0.39 is 0 Å². The number of rotatable bonds is 5. The molecule has 0 N–H and O–H groups in total. The molecule has 0 aliphatic carbocycles. The van der Waals surface area contributed by atoms with E-state index in [0.29, 0.717) is 11.6 Å². The van der Waals surface area contributed by atoms with Crippen molar-refractivity contribution in [1.29, 1.82) is 0 Å². The Morgan fingerprint density at radius 1 is 0.413 bits per heavy atom. The zero-order chi connectivity index (χ0) is 41.6. The molecule has 0 saturated heterocycles. The average molecular weight is 804 g/mol. The summed E-state index contributed by atoms with van der Waals surface area (Å²) in [7, 11) is 0. The van der Waals surface area contributed by atoms with Crippen molar-refractivity contribution in [2.45, 2.75) is 0 Å². The minimum absolute atomic E-state index is 0.573. The summed E-state index contributed by atoms with van der Waals surface area (Å²) in [4.78, 5) is 14.1. The monoisotopic (exact) mass is 803 g/mol. The van der Waals surface area contributed by atoms with E-state index in [2.05, 4.69) is 166 Å². The molecule has 0 aliphatic rings. The highest BCUT2D eigenvalue weighted by molar-refractivity contribution is 6.16. The fourth-order valence-corrected chi connectivity index (χ4v) is 9.72. The molecule has 0 atom stereocenters. The highest BCUT2D eigenvalue weighted by Gasteiger charge is 2.20. The van der Waals surface area contributed by atoms with E-state index in [4.69, 9.17) is 21.0 Å². The molecule has 4 heterocycles. The normalized spacial score (nSPS) is 11.8. The molecule has 0 amide bonds. The molecule has 0 spiro atoms. The van der Waals surface area contributed by atoms with Crippen molar-refractivity contribution in [3.05, 3.63) is 212 Å². The van der Waals surface area contributed by atoms with Crippen LogP contribution in [0.1, 0.15) is 0 Å². The van der Waals surface area contributed by atoms with Gasteiger partial charge in [0, 0.05) is 43.4 Å². The molecule has 0 fully saturated rings. The molecule has 0 bridgehead atoms. The largest absolute Gasteiger partial charge is 0.456 e. The number of hydrogen-bond donors (Lipinski definition) is 0. The van der Waals surface area contributed by atoms with Crippen molar-refractivity contribution < 1.29 is 4.42 Å². The Hall–Kier alpha value is -8.79. The first-order valence-electron chi connectivity index (χ1n) is 21.0. The summed E-state index contributed by atoms with van der Waals surface area (Å²) in [5.74, 6) is 0.581. The Balaban J connectivity index is 0.965. The number of nitrogens with zero attached hydrogens (tertiary/aromatic N) is 5. The van der Waals surface area contributed by atoms with Crippen LogP contribution in [-0.2, 0) is 0 Å². The number of hydrogen-bond acceptors (Lipinski definition) is 3. The number of benzene rings is 9. The fourth-order valence-electron chi connectivity index (χ4n) is 9.72. The summed E-state index contributed by atoms with van der Waals surface area (Å²) < 4.78 is 11.1. The molecule has 6 nitrogen and oxygen atoms in total. The van der Waals surface area contributed by atoms with Gasteiger partial charge < -0.3 is 8.98 Å². The van der Waals surface area contributed by atoms with Crippen molar-refractivity contribution in [2.75, 3.05) is 0 Å². The first kappa shape index (κ1) is 35.0. The summed E-state index contributed by atoms with van der Waals surface area (Å²) in [6.45, 7) is 7.65. The summed E-state index contributed by atoms with van der Waals surface area (Å²) >= 11 is 0. The molecule has 6 heteroatoms. The van der Waals surface area contributed by atoms with Crippen molar-refractivity contribution in [1.82, 2.24) is 19.1 Å². The summed E-state index contributed by atoms with van der Waals surface area (Å²) in [5, 5.41) is 7.77. The van der Waals surface area contributed by atoms with E-state index in [9.17, 15) is 0 Å². The van der Waals surface area contributed by atoms with E-state index in [1.807, 2.05) is 48.5 Å². The van der Waals surface area contributed by atoms with E-state index in [-0.39, 0.29) is 0 Å². The third kappa shape index (κ3) is 5.37. The van der Waals surface area contributed by atoms with Gasteiger partial charge in [-0.3, -0.25) is 4.57 Å². The van der Waals surface area contributed by atoms with Crippen LogP contribution in [0.25, 0.3) is 126 Å². The van der Waals surface area contributed by atoms with E-state index in [1.165, 1.54) is 21.8 Å². The molecule has 4 aromatic heterocycles. The molecule has 9 aromatic carbocycles. The zero-order valence-electron chi connectivity index (χ0n) is 33.7. The highest BCUT2D eigenvalue weighted by atomic mass is 16.3. The number of para-hydroxylation sites is 4. The van der Waals surface area contributed by atoms with Gasteiger partial charge in [-0.05, 0) is 107 Å². The molecule has 13 aromatic rings. The number of fused-ring (bicyclic) bond motifs is 10. The van der Waals surface area contributed by atoms with Crippen LogP contribution < -0.4 is 0 Å². The molecule has 0 unspecified atom stereocenters. The van der Waals surface area contributed by atoms with Crippen LogP contribution in [0.3, 0.4) is 0 Å². The van der Waals surface area contributed by atoms with Crippen LogP contribution in [-0.4, -0.2) is 19.1 Å². The lowest BCUT2D eigenvalue weighted by Crippen LogP contribution is -2.03. The SMILES string of the molecule is [C-]#[N+]c1cccc(-c2nc(-n3c4ccccc4c4cc(-c5ccc6oc7cccc(-c8ccc9c(c8)c8ccccc8n9-c8ccccc8)c7c6c5)ccc43)nc3ccccc23)c1. The van der Waals surface area contributed by atoms with E-state index in [0.717, 1.165) is 93.8 Å². The third-order valence-electron chi connectivity index (χ3n) is 12.5. The molecule has 0 aliphatic heterocycles. The van der Waals surface area contributed by atoms with Crippen molar-refractivity contribution in [2.24, 2.45) is 0 Å². The summed E-state index contributed by atoms with van der Waals surface area (Å²) in [5.41, 5.74) is 14.8. The standard InChI is InChI=1S/C57H33N5O/c1-58-39-14-11-13-38(31-39)56-44-19-5-8-21-48(44)59-57(60-56)62-50-23-10-7-18-43(50)45-32-35(25-28-52(45)62)36-27-30-53-47(33-36)55-41(20-12-24-54(55)63-53)37-26-29-51-46(34-37)42-17-6-9-22-49(42)61(51)40-15-3-2-4-16-40/h2-34H. The fraction of sp³-hybridized carbons (Fsp3) is 0. The Morgan fingerprint density at radius 2 is 1.03 bits per heavy atom. The van der Waals surface area contributed by atoms with E-state index >= 15 is 0 Å². The maximum absolute atomic E-state index is 7.65. The lowest BCUT2D eigenvalue weighted by Gasteiger charge is -2.12. The first-order chi connectivity index (χ1) is 31.2. The Kier molecular flexibility index (Phi) is 7.57. The van der Waals surface area contributed by atoms with Gasteiger partial charge in [-0.25, -0.2) is 14.8 Å². The van der Waals surface area contributed by atoms with Crippen molar-refractivity contribution >= 4 is 82.1 Å². The maximum Gasteiger partial charge on any atom is 0.235 e. The van der Waals surface area contributed by atoms with Crippen LogP contribution in [0, 0.1) is 6.57 Å². The van der Waals surface area contributed by atoms with Crippen molar-refractivity contribution in [3.63, 3.8) is 0 Å². The molecule has 63 heavy (non-hydrogen) atoms. The van der Waals surface area contributed by atoms with Gasteiger partial charge in [0.1, 0.15) is 11.2 Å². The second kappa shape index (κ2) is 13.6. The van der Waals surface area contributed by atoms with Gasteiger partial charge in [-0.15, -0.1) is 0 Å². The predicted octanol–water partition coefficient (Wildman–Crippen LogP) is 15.3. The average Bonchev–Trinajstić information content (AvgIpc) is 4.01. The number of aromatic nitrogens is 4. The number of furan rings is 1. The highest BCUT2D eigenvalue weighted by Crippen LogP contribution is 2.42. The van der Waals surface area contributed by atoms with Gasteiger partial charge in [0.25, 0.3) is 0 Å². The summed E-state index contributed by atoms with van der Waals surface area (Å²) in [6, 6.07) is 69.9. The predicted molar refractivity (Wildman–Crippen MR) is 258 cm³/mol. The van der Waals surface area contributed by atoms with Crippen LogP contribution in [0.5, 0.6) is 0 Å². The van der Waals surface area contributed by atoms with Crippen LogP contribution in [0.4, 0.5) is 5.69 Å². The molecule has 0 saturated carbocycles. The Bertz CT molecular complexity index is 4050. The summed E-state index contributed by atoms with van der Waals surface area (Å²) in [6.07, 6.45) is 0. The first-order valence-corrected chi connectivity index (χ1v) is 21.0. The van der Waals surface area contributed by atoms with Crippen LogP contribution >= 0.6 is 0 Å². The second-order valence-corrected chi connectivity index (χ2v) is 16.0. The third-order valence-corrected chi connectivity index (χ3v) is 12.5. The topological polar surface area (TPSA) is 53.1 Å². The van der Waals surface area contributed by atoms with Gasteiger partial charge in [0.05, 0.1) is 39.8 Å². The van der Waals surface area contributed by atoms with Gasteiger partial charge in [-0.2, -0.15) is 0 Å². The maximum atomic E-state index is 7.65. The minimum atomic E-state index is 0.573. The molecule has 13 rings (SSSR count). The van der Waals surface area contributed by atoms with Crippen LogP contribution in [0.15, 0.2) is 205 Å². The molecular weight excluding hydrogens is 771 g/mol. The Morgan fingerprint density at radius 3 is 1.83 bits per heavy atom. The molecule has 0 radical (unpaired) electrons. The van der Waals surface area contributed by atoms with Crippen LogP contribution in [0.2, 0.25) is 0 Å². The lowest BCUT2D eigenvalue weighted by atomic mass is 9.96. The minimum Gasteiger partial charge on any atom is -0.456 e. The molecule has 292 valence electrons. The van der Waals surface area contributed by atoms with E-state index in [1.54, 1.807) is 0 Å². The quantitative estimate of drug-likeness (QED) is 0.163. The zero-order valence-corrected chi connectivity index (χ0v) is 33.7.